The lowest BCUT2D eigenvalue weighted by Crippen LogP contribution is -2.09. The Morgan fingerprint density at radius 2 is 2.27 bits per heavy atom. The van der Waals surface area contributed by atoms with E-state index in [9.17, 15) is 0 Å². The van der Waals surface area contributed by atoms with Crippen molar-refractivity contribution >= 4 is 6.21 Å². The van der Waals surface area contributed by atoms with Crippen molar-refractivity contribution in [3.8, 4) is 0 Å². The molecule has 0 aliphatic rings. The molecule has 0 saturated heterocycles. The predicted molar refractivity (Wildman–Crippen MR) is 51.2 cm³/mol. The monoisotopic (exact) mass is 152 g/mol. The lowest BCUT2D eigenvalue weighted by molar-refractivity contribution is 0.896. The number of hydrogen-bond acceptors (Lipinski definition) is 2. The van der Waals surface area contributed by atoms with Crippen LogP contribution < -0.4 is 5.32 Å². The zero-order chi connectivity index (χ0) is 8.53. The van der Waals surface area contributed by atoms with Crippen molar-refractivity contribution in [3.05, 3.63) is 23.8 Å². The van der Waals surface area contributed by atoms with Gasteiger partial charge in [0.2, 0.25) is 0 Å². The first-order valence-corrected chi connectivity index (χ1v) is 3.73. The van der Waals surface area contributed by atoms with Crippen LogP contribution in [-0.4, -0.2) is 26.9 Å². The van der Waals surface area contributed by atoms with E-state index in [2.05, 4.69) is 16.4 Å². The molecule has 0 heterocycles. The van der Waals surface area contributed by atoms with E-state index < -0.39 is 0 Å². The highest BCUT2D eigenvalue weighted by Gasteiger charge is 1.85. The summed E-state index contributed by atoms with van der Waals surface area (Å²) in [6.45, 7) is 2.89. The van der Waals surface area contributed by atoms with Gasteiger partial charge >= 0.3 is 0 Å². The van der Waals surface area contributed by atoms with Crippen LogP contribution in [0.1, 0.15) is 6.92 Å². The molecule has 2 nitrogen and oxygen atoms in total. The molecule has 0 fully saturated rings. The summed E-state index contributed by atoms with van der Waals surface area (Å²) in [6.07, 6.45) is 7.88. The highest BCUT2D eigenvalue weighted by atomic mass is 14.8. The van der Waals surface area contributed by atoms with Gasteiger partial charge in [-0.25, -0.2) is 0 Å². The summed E-state index contributed by atoms with van der Waals surface area (Å²) in [4.78, 5) is 3.88. The molecular weight excluding hydrogens is 136 g/mol. The molecule has 0 unspecified atom stereocenters. The van der Waals surface area contributed by atoms with Gasteiger partial charge in [0.05, 0.1) is 0 Å². The van der Waals surface area contributed by atoms with Gasteiger partial charge < -0.3 is 5.32 Å². The average molecular weight is 152 g/mol. The number of rotatable bonds is 4. The van der Waals surface area contributed by atoms with Crippen LogP contribution in [-0.2, 0) is 0 Å². The van der Waals surface area contributed by atoms with E-state index in [4.69, 9.17) is 0 Å². The maximum Gasteiger partial charge on any atom is 0.0277 e. The molecule has 0 aliphatic carbocycles. The number of nitrogens with zero attached hydrogens (tertiary/aromatic N) is 1. The van der Waals surface area contributed by atoms with Gasteiger partial charge in [-0.2, -0.15) is 0 Å². The molecule has 0 aromatic heterocycles. The number of likely N-dealkylation sites (N-methyl/N-ethyl adjacent to an activating group) is 1. The van der Waals surface area contributed by atoms with Crippen molar-refractivity contribution in [1.29, 1.82) is 0 Å². The highest BCUT2D eigenvalue weighted by molar-refractivity contribution is 5.72. The molecule has 2 heteroatoms. The lowest BCUT2D eigenvalue weighted by atomic mass is 10.2. The Balaban J connectivity index is 4.07. The maximum absolute atomic E-state index is 3.88. The minimum Gasteiger partial charge on any atom is -0.316 e. The van der Waals surface area contributed by atoms with Gasteiger partial charge in [0, 0.05) is 19.8 Å². The predicted octanol–water partition coefficient (Wildman–Crippen LogP) is 1.41. The van der Waals surface area contributed by atoms with Crippen LogP contribution >= 0.6 is 0 Å². The molecule has 1 N–H and O–H groups in total. The number of aliphatic imine (C=N–C) groups is 1. The summed E-state index contributed by atoms with van der Waals surface area (Å²) in [7, 11) is 3.70. The molecule has 0 aromatic rings. The lowest BCUT2D eigenvalue weighted by Gasteiger charge is -1.97. The van der Waals surface area contributed by atoms with Gasteiger partial charge in [-0.15, -0.1) is 0 Å². The molecule has 0 bridgehead atoms. The van der Waals surface area contributed by atoms with Gasteiger partial charge in [-0.1, -0.05) is 12.2 Å². The molecule has 62 valence electrons. The van der Waals surface area contributed by atoms with Crippen molar-refractivity contribution in [2.45, 2.75) is 6.92 Å². The molecule has 0 aromatic carbocycles. The van der Waals surface area contributed by atoms with E-state index in [1.807, 2.05) is 26.1 Å². The van der Waals surface area contributed by atoms with Crippen LogP contribution in [0.2, 0.25) is 0 Å². The van der Waals surface area contributed by atoms with Gasteiger partial charge in [0.15, 0.2) is 0 Å². The molecule has 0 atom stereocenters. The molecule has 11 heavy (non-hydrogen) atoms. The van der Waals surface area contributed by atoms with Crippen LogP contribution in [0.25, 0.3) is 0 Å². The van der Waals surface area contributed by atoms with Gasteiger partial charge in [0.1, 0.15) is 0 Å². The fourth-order valence-electron chi connectivity index (χ4n) is 0.762. The molecular formula is C9H16N2. The summed E-state index contributed by atoms with van der Waals surface area (Å²) in [5, 5.41) is 3.08. The van der Waals surface area contributed by atoms with Gasteiger partial charge in [-0.3, -0.25) is 4.99 Å². The zero-order valence-electron chi connectivity index (χ0n) is 7.46. The molecule has 0 aliphatic heterocycles. The Bertz CT molecular complexity index is 166. The normalized spacial score (nSPS) is 13.5. The Hall–Kier alpha value is -0.890. The topological polar surface area (TPSA) is 24.4 Å². The minimum atomic E-state index is 0.885. The van der Waals surface area contributed by atoms with Crippen molar-refractivity contribution < 1.29 is 0 Å². The fraction of sp³-hybridized carbons (Fsp3) is 0.444. The molecule has 0 amide bonds. The van der Waals surface area contributed by atoms with Gasteiger partial charge in [-0.05, 0) is 25.6 Å². The Kier molecular flexibility index (Phi) is 6.64. The van der Waals surface area contributed by atoms with Gasteiger partial charge in [0.25, 0.3) is 0 Å². The Labute approximate surface area is 68.7 Å². The van der Waals surface area contributed by atoms with E-state index in [0.29, 0.717) is 0 Å². The smallest absolute Gasteiger partial charge is 0.0277 e. The largest absolute Gasteiger partial charge is 0.316 e. The third-order valence-corrected chi connectivity index (χ3v) is 1.20. The van der Waals surface area contributed by atoms with Crippen LogP contribution in [0.15, 0.2) is 28.8 Å². The zero-order valence-corrected chi connectivity index (χ0v) is 7.46. The summed E-state index contributed by atoms with van der Waals surface area (Å²) in [6, 6.07) is 0. The van der Waals surface area contributed by atoms with Crippen LogP contribution in [0.5, 0.6) is 0 Å². The van der Waals surface area contributed by atoms with Crippen molar-refractivity contribution in [2.24, 2.45) is 4.99 Å². The fourth-order valence-corrected chi connectivity index (χ4v) is 0.762. The second kappa shape index (κ2) is 7.22. The van der Waals surface area contributed by atoms with E-state index in [1.165, 1.54) is 5.57 Å². The third kappa shape index (κ3) is 5.55. The second-order valence-corrected chi connectivity index (χ2v) is 2.18. The van der Waals surface area contributed by atoms with E-state index in [0.717, 1.165) is 6.54 Å². The third-order valence-electron chi connectivity index (χ3n) is 1.20. The van der Waals surface area contributed by atoms with Crippen molar-refractivity contribution in [1.82, 2.24) is 5.32 Å². The summed E-state index contributed by atoms with van der Waals surface area (Å²) in [5.74, 6) is 0. The Morgan fingerprint density at radius 3 is 2.73 bits per heavy atom. The van der Waals surface area contributed by atoms with Crippen LogP contribution in [0.4, 0.5) is 0 Å². The highest BCUT2D eigenvalue weighted by Crippen LogP contribution is 1.92. The van der Waals surface area contributed by atoms with Crippen LogP contribution in [0, 0.1) is 0 Å². The van der Waals surface area contributed by atoms with Crippen molar-refractivity contribution in [3.63, 3.8) is 0 Å². The van der Waals surface area contributed by atoms with E-state index in [1.54, 1.807) is 13.3 Å². The van der Waals surface area contributed by atoms with Crippen molar-refractivity contribution in [2.75, 3.05) is 20.6 Å². The molecule has 0 rings (SSSR count). The summed E-state index contributed by atoms with van der Waals surface area (Å²) in [5.41, 5.74) is 1.24. The number of hydrogen-bond donors (Lipinski definition) is 1. The first-order valence-electron chi connectivity index (χ1n) is 3.73. The summed E-state index contributed by atoms with van der Waals surface area (Å²) >= 11 is 0. The Morgan fingerprint density at radius 1 is 1.55 bits per heavy atom. The summed E-state index contributed by atoms with van der Waals surface area (Å²) < 4.78 is 0. The SMILES string of the molecule is C\C=C/C(=C\C=N\C)CNC. The van der Waals surface area contributed by atoms with Crippen LogP contribution in [0.3, 0.4) is 0 Å². The van der Waals surface area contributed by atoms with E-state index >= 15 is 0 Å². The first kappa shape index (κ1) is 10.1. The van der Waals surface area contributed by atoms with E-state index in [-0.39, 0.29) is 0 Å². The molecule has 0 spiro atoms. The first-order chi connectivity index (χ1) is 5.35. The maximum atomic E-state index is 3.88. The standard InChI is InChI=1S/C9H16N2/c1-4-5-9(8-11-3)6-7-10-2/h4-7,11H,8H2,1-3H3/b5-4-,9-6+,10-7+. The minimum absolute atomic E-state index is 0.885. The molecule has 0 radical (unpaired) electrons. The second-order valence-electron chi connectivity index (χ2n) is 2.18. The number of allylic oxidation sites excluding steroid dienone is 2. The molecule has 0 saturated carbocycles. The number of nitrogens with one attached hydrogen (secondary N) is 1. The quantitative estimate of drug-likeness (QED) is 0.478. The average Bonchev–Trinajstić information content (AvgIpc) is 2.01.